The Bertz CT molecular complexity index is 634. The molecule has 8 heteroatoms. The van der Waals surface area contributed by atoms with Gasteiger partial charge in [-0.1, -0.05) is 30.9 Å². The molecule has 0 aromatic heterocycles. The number of alkyl halides is 3. The van der Waals surface area contributed by atoms with Crippen molar-refractivity contribution >= 4 is 5.96 Å². The van der Waals surface area contributed by atoms with E-state index in [1.54, 1.807) is 13.1 Å². The molecule has 27 heavy (non-hydrogen) atoms. The number of rotatable bonds is 8. The Morgan fingerprint density at radius 2 is 2.15 bits per heavy atom. The lowest BCUT2D eigenvalue weighted by Gasteiger charge is -2.19. The molecular weight excluding hydrogens is 357 g/mol. The molecule has 0 radical (unpaired) electrons. The summed E-state index contributed by atoms with van der Waals surface area (Å²) in [5.41, 5.74) is 0.986. The molecule has 2 N–H and O–H groups in total. The number of likely N-dealkylation sites (tertiary alicyclic amines) is 1. The van der Waals surface area contributed by atoms with Gasteiger partial charge >= 0.3 is 6.18 Å². The van der Waals surface area contributed by atoms with Gasteiger partial charge in [0, 0.05) is 32.2 Å². The van der Waals surface area contributed by atoms with Crippen LogP contribution in [0.1, 0.15) is 12.0 Å². The highest BCUT2D eigenvalue weighted by Crippen LogP contribution is 2.22. The number of aliphatic imine (C=N–C) groups is 1. The van der Waals surface area contributed by atoms with Crippen molar-refractivity contribution in [2.24, 2.45) is 10.9 Å². The number of ether oxygens (including phenoxy) is 1. The Labute approximate surface area is 158 Å². The Hall–Kier alpha value is -2.22. The first-order valence-electron chi connectivity index (χ1n) is 8.96. The van der Waals surface area contributed by atoms with Crippen LogP contribution in [0.3, 0.4) is 0 Å². The Morgan fingerprint density at radius 1 is 1.37 bits per heavy atom. The zero-order valence-corrected chi connectivity index (χ0v) is 15.6. The summed E-state index contributed by atoms with van der Waals surface area (Å²) >= 11 is 0. The number of nitrogens with zero attached hydrogens (tertiary/aromatic N) is 2. The van der Waals surface area contributed by atoms with Crippen molar-refractivity contribution in [2.75, 3.05) is 39.8 Å². The predicted molar refractivity (Wildman–Crippen MR) is 101 cm³/mol. The van der Waals surface area contributed by atoms with Crippen LogP contribution in [0.25, 0.3) is 0 Å². The minimum absolute atomic E-state index is 0.175. The second-order valence-corrected chi connectivity index (χ2v) is 6.52. The predicted octanol–water partition coefficient (Wildman–Crippen LogP) is 2.80. The van der Waals surface area contributed by atoms with Gasteiger partial charge in [-0.3, -0.25) is 9.89 Å². The van der Waals surface area contributed by atoms with Crippen molar-refractivity contribution in [3.05, 3.63) is 42.5 Å². The second-order valence-electron chi connectivity index (χ2n) is 6.52. The molecule has 1 aromatic rings. The lowest BCUT2D eigenvalue weighted by molar-refractivity contribution is -0.143. The first-order chi connectivity index (χ1) is 12.9. The van der Waals surface area contributed by atoms with Gasteiger partial charge in [-0.05, 0) is 24.9 Å². The minimum Gasteiger partial charge on any atom is -0.489 e. The highest BCUT2D eigenvalue weighted by Gasteiger charge is 2.34. The van der Waals surface area contributed by atoms with E-state index >= 15 is 0 Å². The SMILES string of the molecule is C=CCOc1ccccc1CNC(=NC)NCC1CCN(CC(F)(F)F)C1. The highest BCUT2D eigenvalue weighted by atomic mass is 19.4. The summed E-state index contributed by atoms with van der Waals surface area (Å²) in [5, 5.41) is 6.42. The van der Waals surface area contributed by atoms with Gasteiger partial charge in [0.1, 0.15) is 12.4 Å². The van der Waals surface area contributed by atoms with Crippen LogP contribution in [0.15, 0.2) is 41.9 Å². The molecule has 1 heterocycles. The minimum atomic E-state index is -4.14. The summed E-state index contributed by atoms with van der Waals surface area (Å²) in [6.07, 6.45) is -1.70. The molecule has 1 saturated heterocycles. The average molecular weight is 384 g/mol. The van der Waals surface area contributed by atoms with Gasteiger partial charge < -0.3 is 15.4 Å². The maximum Gasteiger partial charge on any atom is 0.401 e. The molecular formula is C19H27F3N4O. The summed E-state index contributed by atoms with van der Waals surface area (Å²) in [7, 11) is 1.67. The molecule has 0 aliphatic carbocycles. The van der Waals surface area contributed by atoms with Crippen LogP contribution in [0.2, 0.25) is 0 Å². The van der Waals surface area contributed by atoms with Gasteiger partial charge in [0.15, 0.2) is 5.96 Å². The van der Waals surface area contributed by atoms with Crippen LogP contribution in [0.5, 0.6) is 5.75 Å². The molecule has 1 aliphatic heterocycles. The van der Waals surface area contributed by atoms with Crippen molar-refractivity contribution in [3.8, 4) is 5.75 Å². The van der Waals surface area contributed by atoms with E-state index < -0.39 is 12.7 Å². The Balaban J connectivity index is 1.78. The normalized spacial score (nSPS) is 18.4. The maximum absolute atomic E-state index is 12.5. The van der Waals surface area contributed by atoms with Gasteiger partial charge in [-0.15, -0.1) is 0 Å². The monoisotopic (exact) mass is 384 g/mol. The number of guanidine groups is 1. The molecule has 1 atom stereocenters. The number of para-hydroxylation sites is 1. The third-order valence-corrected chi connectivity index (χ3v) is 4.33. The van der Waals surface area contributed by atoms with Gasteiger partial charge in [0.05, 0.1) is 6.54 Å². The van der Waals surface area contributed by atoms with E-state index in [9.17, 15) is 13.2 Å². The first-order valence-corrected chi connectivity index (χ1v) is 8.96. The number of hydrogen-bond acceptors (Lipinski definition) is 3. The molecule has 1 aliphatic rings. The fourth-order valence-electron chi connectivity index (χ4n) is 3.06. The number of hydrogen-bond donors (Lipinski definition) is 2. The van der Waals surface area contributed by atoms with Crippen LogP contribution < -0.4 is 15.4 Å². The van der Waals surface area contributed by atoms with Crippen LogP contribution in [0, 0.1) is 5.92 Å². The van der Waals surface area contributed by atoms with Crippen molar-refractivity contribution in [1.82, 2.24) is 15.5 Å². The van der Waals surface area contributed by atoms with Gasteiger partial charge in [-0.2, -0.15) is 13.2 Å². The molecule has 1 aromatic carbocycles. The molecule has 2 rings (SSSR count). The maximum atomic E-state index is 12.5. The zero-order valence-electron chi connectivity index (χ0n) is 15.6. The van der Waals surface area contributed by atoms with E-state index in [1.807, 2.05) is 24.3 Å². The van der Waals surface area contributed by atoms with Crippen LogP contribution in [-0.2, 0) is 6.54 Å². The van der Waals surface area contributed by atoms with E-state index in [1.165, 1.54) is 4.90 Å². The molecule has 0 amide bonds. The van der Waals surface area contributed by atoms with Gasteiger partial charge in [0.25, 0.3) is 0 Å². The molecule has 150 valence electrons. The summed E-state index contributed by atoms with van der Waals surface area (Å²) in [6.45, 7) is 5.28. The lowest BCUT2D eigenvalue weighted by atomic mass is 10.1. The van der Waals surface area contributed by atoms with E-state index in [2.05, 4.69) is 22.2 Å². The molecule has 5 nitrogen and oxygen atoms in total. The summed E-state index contributed by atoms with van der Waals surface area (Å²) in [4.78, 5) is 5.63. The van der Waals surface area contributed by atoms with Crippen molar-refractivity contribution < 1.29 is 17.9 Å². The smallest absolute Gasteiger partial charge is 0.401 e. The van der Waals surface area contributed by atoms with Gasteiger partial charge in [-0.25, -0.2) is 0 Å². The van der Waals surface area contributed by atoms with Crippen molar-refractivity contribution in [2.45, 2.75) is 19.1 Å². The summed E-state index contributed by atoms with van der Waals surface area (Å²) in [5.74, 6) is 1.57. The van der Waals surface area contributed by atoms with Crippen LogP contribution in [-0.4, -0.2) is 56.9 Å². The van der Waals surface area contributed by atoms with E-state index in [4.69, 9.17) is 4.74 Å². The quantitative estimate of drug-likeness (QED) is 0.411. The van der Waals surface area contributed by atoms with Crippen LogP contribution in [0.4, 0.5) is 13.2 Å². The molecule has 1 unspecified atom stereocenters. The third kappa shape index (κ3) is 7.50. The topological polar surface area (TPSA) is 48.9 Å². The van der Waals surface area contributed by atoms with Gasteiger partial charge in [0.2, 0.25) is 0 Å². The standard InChI is InChI=1S/C19H27F3N4O/c1-3-10-27-17-7-5-4-6-16(17)12-25-18(23-2)24-11-15-8-9-26(13-15)14-19(20,21)22/h3-7,15H,1,8-14H2,2H3,(H2,23,24,25). The van der Waals surface area contributed by atoms with E-state index in [0.717, 1.165) is 17.7 Å². The number of benzene rings is 1. The molecule has 0 bridgehead atoms. The van der Waals surface area contributed by atoms with E-state index in [-0.39, 0.29) is 5.92 Å². The van der Waals surface area contributed by atoms with E-state index in [0.29, 0.717) is 38.7 Å². The van der Waals surface area contributed by atoms with Crippen LogP contribution >= 0.6 is 0 Å². The summed E-state index contributed by atoms with van der Waals surface area (Å²) < 4.78 is 43.0. The summed E-state index contributed by atoms with van der Waals surface area (Å²) in [6, 6.07) is 7.69. The highest BCUT2D eigenvalue weighted by molar-refractivity contribution is 5.79. The fourth-order valence-corrected chi connectivity index (χ4v) is 3.06. The largest absolute Gasteiger partial charge is 0.489 e. The average Bonchev–Trinajstić information content (AvgIpc) is 3.06. The Morgan fingerprint density at radius 3 is 2.85 bits per heavy atom. The van der Waals surface area contributed by atoms with Crippen molar-refractivity contribution in [1.29, 1.82) is 0 Å². The first kappa shape index (κ1) is 21.1. The second kappa shape index (κ2) is 10.2. The fraction of sp³-hybridized carbons (Fsp3) is 0.526. The number of nitrogens with one attached hydrogen (secondary N) is 2. The lowest BCUT2D eigenvalue weighted by Crippen LogP contribution is -2.40. The van der Waals surface area contributed by atoms with Crippen molar-refractivity contribution in [3.63, 3.8) is 0 Å². The number of halogens is 3. The molecule has 1 fully saturated rings. The zero-order chi connectivity index (χ0) is 19.7. The molecule has 0 saturated carbocycles. The third-order valence-electron chi connectivity index (χ3n) is 4.33. The Kier molecular flexibility index (Phi) is 7.97. The molecule has 0 spiro atoms.